The van der Waals surface area contributed by atoms with Crippen molar-refractivity contribution in [1.29, 1.82) is 0 Å². The van der Waals surface area contributed by atoms with E-state index in [0.29, 0.717) is 6.61 Å². The van der Waals surface area contributed by atoms with E-state index in [4.69, 9.17) is 4.74 Å². The second kappa shape index (κ2) is 5.61. The van der Waals surface area contributed by atoms with Crippen LogP contribution in [-0.4, -0.2) is 41.6 Å². The van der Waals surface area contributed by atoms with Crippen LogP contribution in [0.5, 0.6) is 0 Å². The number of hydrogen-bond donors (Lipinski definition) is 2. The second-order valence-corrected chi connectivity index (χ2v) is 4.18. The molecule has 6 nitrogen and oxygen atoms in total. The number of rotatable bonds is 5. The number of H-pyrrole nitrogens is 1. The van der Waals surface area contributed by atoms with Crippen molar-refractivity contribution >= 4 is 16.9 Å². The largest absolute Gasteiger partial charge is 0.367 e. The Hall–Kier alpha value is -1.92. The van der Waals surface area contributed by atoms with Crippen molar-refractivity contribution in [2.24, 2.45) is 0 Å². The fraction of sp³-hybridized carbons (Fsp3) is 0.333. The first-order chi connectivity index (χ1) is 8.65. The normalized spacial score (nSPS) is 11.1. The fourth-order valence-electron chi connectivity index (χ4n) is 1.62. The third-order valence-corrected chi connectivity index (χ3v) is 2.33. The maximum atomic E-state index is 11.3. The zero-order valence-electron chi connectivity index (χ0n) is 10.4. The molecular formula is C12H16N4O2. The van der Waals surface area contributed by atoms with Gasteiger partial charge in [-0.15, -0.1) is 0 Å². The molecule has 1 heterocycles. The predicted octanol–water partition coefficient (Wildman–Crippen LogP) is 0.672. The number of imidazole rings is 1. The van der Waals surface area contributed by atoms with Crippen LogP contribution in [0.2, 0.25) is 0 Å². The van der Waals surface area contributed by atoms with Gasteiger partial charge in [-0.3, -0.25) is 10.2 Å². The van der Waals surface area contributed by atoms with Gasteiger partial charge in [0.25, 0.3) is 5.91 Å². The Labute approximate surface area is 105 Å². The van der Waals surface area contributed by atoms with Crippen LogP contribution in [0.1, 0.15) is 5.56 Å². The fourth-order valence-corrected chi connectivity index (χ4v) is 1.62. The maximum absolute atomic E-state index is 11.3. The van der Waals surface area contributed by atoms with Gasteiger partial charge < -0.3 is 9.72 Å². The molecular weight excluding hydrogens is 232 g/mol. The van der Waals surface area contributed by atoms with Crippen LogP contribution in [0.4, 0.5) is 0 Å². The van der Waals surface area contributed by atoms with Crippen molar-refractivity contribution in [3.8, 4) is 0 Å². The van der Waals surface area contributed by atoms with Gasteiger partial charge in [0, 0.05) is 14.1 Å². The van der Waals surface area contributed by atoms with Crippen LogP contribution >= 0.6 is 0 Å². The van der Waals surface area contributed by atoms with E-state index in [0.717, 1.165) is 16.6 Å². The van der Waals surface area contributed by atoms with Gasteiger partial charge in [-0.25, -0.2) is 9.99 Å². The Bertz CT molecular complexity index is 536. The van der Waals surface area contributed by atoms with Crippen LogP contribution in [0.3, 0.4) is 0 Å². The molecule has 0 bridgehead atoms. The minimum absolute atomic E-state index is 0.0409. The van der Waals surface area contributed by atoms with E-state index in [1.807, 2.05) is 18.2 Å². The number of aromatic amines is 1. The molecule has 1 aromatic carbocycles. The van der Waals surface area contributed by atoms with Crippen LogP contribution in [0.15, 0.2) is 24.5 Å². The quantitative estimate of drug-likeness (QED) is 0.763. The molecule has 0 aliphatic carbocycles. The average molecular weight is 248 g/mol. The molecule has 0 saturated carbocycles. The smallest absolute Gasteiger partial charge is 0.260 e. The maximum Gasteiger partial charge on any atom is 0.260 e. The summed E-state index contributed by atoms with van der Waals surface area (Å²) in [7, 11) is 3.51. The Kier molecular flexibility index (Phi) is 3.91. The number of carbonyl (C=O) groups is 1. The number of fused-ring (bicyclic) bond motifs is 1. The molecule has 6 heteroatoms. The van der Waals surface area contributed by atoms with Crippen molar-refractivity contribution in [2.45, 2.75) is 6.61 Å². The highest BCUT2D eigenvalue weighted by Gasteiger charge is 2.03. The van der Waals surface area contributed by atoms with Crippen molar-refractivity contribution in [2.75, 3.05) is 20.7 Å². The van der Waals surface area contributed by atoms with E-state index < -0.39 is 0 Å². The number of nitrogens with zero attached hydrogens (tertiary/aromatic N) is 2. The summed E-state index contributed by atoms with van der Waals surface area (Å²) in [5.41, 5.74) is 5.50. The molecule has 0 radical (unpaired) electrons. The van der Waals surface area contributed by atoms with Gasteiger partial charge >= 0.3 is 0 Å². The number of nitrogens with one attached hydrogen (secondary N) is 2. The zero-order chi connectivity index (χ0) is 13.0. The van der Waals surface area contributed by atoms with Crippen LogP contribution < -0.4 is 5.43 Å². The molecule has 0 spiro atoms. The van der Waals surface area contributed by atoms with Gasteiger partial charge in [-0.1, -0.05) is 6.07 Å². The van der Waals surface area contributed by atoms with Crippen molar-refractivity contribution in [3.63, 3.8) is 0 Å². The molecule has 2 N–H and O–H groups in total. The standard InChI is InChI=1S/C12H16N4O2/c1-16(2)15-12(17)7-18-6-9-3-4-10-11(5-9)14-8-13-10/h3-5,8H,6-7H2,1-2H3,(H,13,14)(H,15,17). The Morgan fingerprint density at radius 3 is 3.11 bits per heavy atom. The summed E-state index contributed by atoms with van der Waals surface area (Å²) in [4.78, 5) is 18.5. The molecule has 0 unspecified atom stereocenters. The number of hydrogen-bond acceptors (Lipinski definition) is 4. The summed E-state index contributed by atoms with van der Waals surface area (Å²) in [5, 5.41) is 1.59. The van der Waals surface area contributed by atoms with E-state index in [1.165, 1.54) is 0 Å². The molecule has 0 atom stereocenters. The van der Waals surface area contributed by atoms with Gasteiger partial charge in [0.15, 0.2) is 0 Å². The SMILES string of the molecule is CN(C)NC(=O)COCc1ccc2nc[nH]c2c1. The first kappa shape index (κ1) is 12.5. The number of carbonyl (C=O) groups excluding carboxylic acids is 1. The molecule has 0 fully saturated rings. The predicted molar refractivity (Wildman–Crippen MR) is 67.6 cm³/mol. The first-order valence-corrected chi connectivity index (χ1v) is 5.62. The number of ether oxygens (including phenoxy) is 1. The van der Waals surface area contributed by atoms with E-state index in [1.54, 1.807) is 25.4 Å². The molecule has 2 aromatic rings. The van der Waals surface area contributed by atoms with Crippen LogP contribution in [0.25, 0.3) is 11.0 Å². The van der Waals surface area contributed by atoms with E-state index in [9.17, 15) is 4.79 Å². The summed E-state index contributed by atoms with van der Waals surface area (Å²) in [6.45, 7) is 0.439. The lowest BCUT2D eigenvalue weighted by Crippen LogP contribution is -2.38. The third kappa shape index (κ3) is 3.28. The van der Waals surface area contributed by atoms with Gasteiger partial charge in [0.05, 0.1) is 24.0 Å². The highest BCUT2D eigenvalue weighted by Crippen LogP contribution is 2.12. The minimum Gasteiger partial charge on any atom is -0.367 e. The van der Waals surface area contributed by atoms with Crippen molar-refractivity contribution in [3.05, 3.63) is 30.1 Å². The van der Waals surface area contributed by atoms with E-state index >= 15 is 0 Å². The van der Waals surface area contributed by atoms with Gasteiger partial charge in [-0.05, 0) is 17.7 Å². The number of amides is 1. The highest BCUT2D eigenvalue weighted by molar-refractivity contribution is 5.76. The monoisotopic (exact) mass is 248 g/mol. The summed E-state index contributed by atoms with van der Waals surface area (Å²) >= 11 is 0. The Balaban J connectivity index is 1.84. The lowest BCUT2D eigenvalue weighted by molar-refractivity contribution is -0.129. The number of aromatic nitrogens is 2. The van der Waals surface area contributed by atoms with Crippen LogP contribution in [0, 0.1) is 0 Å². The lowest BCUT2D eigenvalue weighted by atomic mass is 10.2. The molecule has 1 aromatic heterocycles. The molecule has 2 rings (SSSR count). The second-order valence-electron chi connectivity index (χ2n) is 4.18. The summed E-state index contributed by atoms with van der Waals surface area (Å²) in [5.74, 6) is -0.164. The van der Waals surface area contributed by atoms with Crippen molar-refractivity contribution in [1.82, 2.24) is 20.4 Å². The van der Waals surface area contributed by atoms with Gasteiger partial charge in [0.2, 0.25) is 0 Å². The van der Waals surface area contributed by atoms with Crippen molar-refractivity contribution < 1.29 is 9.53 Å². The Morgan fingerprint density at radius 1 is 1.50 bits per heavy atom. The Morgan fingerprint density at radius 2 is 2.33 bits per heavy atom. The lowest BCUT2D eigenvalue weighted by Gasteiger charge is -2.11. The molecule has 0 aliphatic rings. The van der Waals surface area contributed by atoms with E-state index in [2.05, 4.69) is 15.4 Å². The molecule has 96 valence electrons. The third-order valence-electron chi connectivity index (χ3n) is 2.33. The first-order valence-electron chi connectivity index (χ1n) is 5.62. The van der Waals surface area contributed by atoms with E-state index in [-0.39, 0.29) is 12.5 Å². The topological polar surface area (TPSA) is 70.2 Å². The summed E-state index contributed by atoms with van der Waals surface area (Å²) < 4.78 is 5.33. The minimum atomic E-state index is -0.164. The molecule has 1 amide bonds. The average Bonchev–Trinajstić information content (AvgIpc) is 2.75. The summed E-state index contributed by atoms with van der Waals surface area (Å²) in [6, 6.07) is 5.82. The number of benzene rings is 1. The highest BCUT2D eigenvalue weighted by atomic mass is 16.5. The summed E-state index contributed by atoms with van der Waals surface area (Å²) in [6.07, 6.45) is 1.65. The molecule has 0 aliphatic heterocycles. The zero-order valence-corrected chi connectivity index (χ0v) is 10.4. The van der Waals surface area contributed by atoms with Gasteiger partial charge in [-0.2, -0.15) is 0 Å². The number of hydrazine groups is 1. The van der Waals surface area contributed by atoms with Gasteiger partial charge in [0.1, 0.15) is 6.61 Å². The molecule has 0 saturated heterocycles. The van der Waals surface area contributed by atoms with Crippen LogP contribution in [-0.2, 0) is 16.1 Å². The molecule has 18 heavy (non-hydrogen) atoms.